The Balaban J connectivity index is 1.53. The van der Waals surface area contributed by atoms with Gasteiger partial charge in [0.1, 0.15) is 0 Å². The summed E-state index contributed by atoms with van der Waals surface area (Å²) in [6.07, 6.45) is 7.51. The van der Waals surface area contributed by atoms with E-state index in [1.807, 2.05) is 18.2 Å². The molecule has 2 aromatic carbocycles. The summed E-state index contributed by atoms with van der Waals surface area (Å²) in [5, 5.41) is 10.1. The predicted molar refractivity (Wildman–Crippen MR) is 138 cm³/mol. The quantitative estimate of drug-likeness (QED) is 0.354. The van der Waals surface area contributed by atoms with E-state index in [4.69, 9.17) is 5.11 Å². The Kier molecular flexibility index (Phi) is 7.71. The molecule has 186 valence electrons. The van der Waals surface area contributed by atoms with Crippen LogP contribution in [0.1, 0.15) is 34.7 Å². The van der Waals surface area contributed by atoms with Crippen LogP contribution in [0.15, 0.2) is 54.7 Å². The minimum Gasteiger partial charge on any atom is -0.478 e. The van der Waals surface area contributed by atoms with E-state index in [1.165, 1.54) is 40.5 Å². The minimum absolute atomic E-state index is 0.177. The number of aromatic nitrogens is 1. The number of benzene rings is 2. The molecule has 1 atom stereocenters. The molecule has 1 unspecified atom stereocenters. The molecule has 1 aromatic heterocycles. The fourth-order valence-corrected chi connectivity index (χ4v) is 5.35. The Bertz CT molecular complexity index is 1330. The Morgan fingerprint density at radius 1 is 1.20 bits per heavy atom. The van der Waals surface area contributed by atoms with Crippen molar-refractivity contribution >= 4 is 33.2 Å². The van der Waals surface area contributed by atoms with E-state index in [0.717, 1.165) is 43.0 Å². The van der Waals surface area contributed by atoms with Crippen molar-refractivity contribution in [3.8, 4) is 0 Å². The molecule has 0 amide bonds. The molecule has 0 bridgehead atoms. The maximum atomic E-state index is 12.2. The first-order valence-electron chi connectivity index (χ1n) is 11.7. The van der Waals surface area contributed by atoms with E-state index >= 15 is 0 Å². The highest BCUT2D eigenvalue weighted by Gasteiger charge is 2.28. The molecule has 0 saturated heterocycles. The van der Waals surface area contributed by atoms with Crippen molar-refractivity contribution in [3.63, 3.8) is 0 Å². The lowest BCUT2D eigenvalue weighted by Crippen LogP contribution is -2.41. The number of carbonyl (C=O) groups is 1. The van der Waals surface area contributed by atoms with Gasteiger partial charge in [0, 0.05) is 62.9 Å². The van der Waals surface area contributed by atoms with Gasteiger partial charge in [0.05, 0.1) is 0 Å². The van der Waals surface area contributed by atoms with Crippen molar-refractivity contribution in [2.75, 3.05) is 33.7 Å². The molecule has 4 rings (SSSR count). The second kappa shape index (κ2) is 10.7. The standard InChI is InChI=1S/C26H32N4O4S/c1-29(2)35(33,34)28-14-16-30(15-13-21-18-27-24-6-4-3-5-22(21)24)25-11-9-20-17-19(7-10-23(20)25)8-12-26(31)32/h3-8,10,12,17-18,25,27-28H,9,11,13-16H2,1-2H3,(H,31,32)/b12-8+. The van der Waals surface area contributed by atoms with Crippen LogP contribution in [0.5, 0.6) is 0 Å². The molecule has 0 radical (unpaired) electrons. The van der Waals surface area contributed by atoms with Crippen LogP contribution in [-0.4, -0.2) is 67.4 Å². The number of nitrogens with one attached hydrogen (secondary N) is 2. The van der Waals surface area contributed by atoms with Gasteiger partial charge in [-0.05, 0) is 53.7 Å². The number of rotatable bonds is 11. The Hall–Kier alpha value is -2.98. The highest BCUT2D eigenvalue weighted by molar-refractivity contribution is 7.87. The van der Waals surface area contributed by atoms with Gasteiger partial charge in [0.15, 0.2) is 0 Å². The van der Waals surface area contributed by atoms with Crippen molar-refractivity contribution in [2.45, 2.75) is 25.3 Å². The molecular formula is C26H32N4O4S. The summed E-state index contributed by atoms with van der Waals surface area (Å²) >= 11 is 0. The summed E-state index contributed by atoms with van der Waals surface area (Å²) in [6, 6.07) is 14.5. The highest BCUT2D eigenvalue weighted by atomic mass is 32.2. The molecule has 3 aromatic rings. The lowest BCUT2D eigenvalue weighted by molar-refractivity contribution is -0.131. The number of aromatic amines is 1. The lowest BCUT2D eigenvalue weighted by atomic mass is 10.0. The zero-order valence-corrected chi connectivity index (χ0v) is 20.9. The van der Waals surface area contributed by atoms with Gasteiger partial charge in [-0.2, -0.15) is 12.7 Å². The van der Waals surface area contributed by atoms with E-state index in [0.29, 0.717) is 13.1 Å². The number of fused-ring (bicyclic) bond motifs is 2. The van der Waals surface area contributed by atoms with Crippen molar-refractivity contribution in [1.29, 1.82) is 0 Å². The monoisotopic (exact) mass is 496 g/mol. The average molecular weight is 497 g/mol. The maximum absolute atomic E-state index is 12.2. The third-order valence-corrected chi connectivity index (χ3v) is 8.11. The van der Waals surface area contributed by atoms with Crippen LogP contribution in [0.4, 0.5) is 0 Å². The van der Waals surface area contributed by atoms with Crippen LogP contribution >= 0.6 is 0 Å². The normalized spacial score (nSPS) is 16.1. The van der Waals surface area contributed by atoms with Crippen LogP contribution in [0.25, 0.3) is 17.0 Å². The lowest BCUT2D eigenvalue weighted by Gasteiger charge is -2.30. The van der Waals surface area contributed by atoms with Gasteiger partial charge in [-0.25, -0.2) is 9.52 Å². The second-order valence-corrected chi connectivity index (χ2v) is 11.0. The van der Waals surface area contributed by atoms with Gasteiger partial charge in [-0.1, -0.05) is 36.4 Å². The highest BCUT2D eigenvalue weighted by Crippen LogP contribution is 2.36. The Morgan fingerprint density at radius 2 is 2.00 bits per heavy atom. The van der Waals surface area contributed by atoms with Crippen LogP contribution in [0.2, 0.25) is 0 Å². The zero-order valence-electron chi connectivity index (χ0n) is 20.1. The molecule has 0 saturated carbocycles. The third kappa shape index (κ3) is 5.99. The Morgan fingerprint density at radius 3 is 2.77 bits per heavy atom. The van der Waals surface area contributed by atoms with Gasteiger partial charge in [-0.15, -0.1) is 0 Å². The molecule has 8 nitrogen and oxygen atoms in total. The van der Waals surface area contributed by atoms with Gasteiger partial charge in [-0.3, -0.25) is 4.90 Å². The van der Waals surface area contributed by atoms with E-state index in [9.17, 15) is 13.2 Å². The topological polar surface area (TPSA) is 106 Å². The minimum atomic E-state index is -3.49. The number of hydrogen-bond donors (Lipinski definition) is 3. The van der Waals surface area contributed by atoms with Crippen LogP contribution in [0.3, 0.4) is 0 Å². The summed E-state index contributed by atoms with van der Waals surface area (Å²) in [7, 11) is -0.459. The molecule has 1 aliphatic carbocycles. The summed E-state index contributed by atoms with van der Waals surface area (Å²) in [6.45, 7) is 1.69. The van der Waals surface area contributed by atoms with Crippen LogP contribution in [-0.2, 0) is 27.8 Å². The Labute approximate surface area is 206 Å². The summed E-state index contributed by atoms with van der Waals surface area (Å²) in [5.74, 6) is -0.966. The smallest absolute Gasteiger partial charge is 0.328 e. The number of carboxylic acid groups (broad SMARTS) is 1. The van der Waals surface area contributed by atoms with Crippen LogP contribution < -0.4 is 4.72 Å². The van der Waals surface area contributed by atoms with Crippen molar-refractivity contribution in [2.24, 2.45) is 0 Å². The van der Waals surface area contributed by atoms with Gasteiger partial charge in [0.2, 0.25) is 0 Å². The van der Waals surface area contributed by atoms with E-state index in [1.54, 1.807) is 6.08 Å². The predicted octanol–water partition coefficient (Wildman–Crippen LogP) is 3.19. The first-order chi connectivity index (χ1) is 16.7. The molecule has 3 N–H and O–H groups in total. The molecule has 0 aliphatic heterocycles. The first-order valence-corrected chi connectivity index (χ1v) is 13.2. The number of aliphatic carboxylic acids is 1. The van der Waals surface area contributed by atoms with Crippen molar-refractivity contribution < 1.29 is 18.3 Å². The average Bonchev–Trinajstić information content (AvgIpc) is 3.43. The third-order valence-electron chi connectivity index (χ3n) is 6.58. The summed E-state index contributed by atoms with van der Waals surface area (Å²) < 4.78 is 28.3. The largest absolute Gasteiger partial charge is 0.478 e. The number of nitrogens with zero attached hydrogens (tertiary/aromatic N) is 2. The van der Waals surface area contributed by atoms with E-state index in [-0.39, 0.29) is 6.04 Å². The molecular weight excluding hydrogens is 464 g/mol. The van der Waals surface area contributed by atoms with Gasteiger partial charge < -0.3 is 10.1 Å². The van der Waals surface area contributed by atoms with E-state index < -0.39 is 16.2 Å². The second-order valence-electron chi connectivity index (χ2n) is 9.01. The number of H-pyrrole nitrogens is 1. The molecule has 0 fully saturated rings. The number of hydrogen-bond acceptors (Lipinski definition) is 4. The van der Waals surface area contributed by atoms with E-state index in [2.05, 4.69) is 45.1 Å². The fourth-order valence-electron chi connectivity index (χ4n) is 4.74. The van der Waals surface area contributed by atoms with Gasteiger partial charge in [0.25, 0.3) is 10.2 Å². The van der Waals surface area contributed by atoms with Crippen LogP contribution in [0, 0.1) is 0 Å². The number of aryl methyl sites for hydroxylation is 1. The summed E-state index contributed by atoms with van der Waals surface area (Å²) in [4.78, 5) is 16.6. The SMILES string of the molecule is CN(C)S(=O)(=O)NCCN(CCc1c[nH]c2ccccc12)C1CCc2cc(/C=C/C(=O)O)ccc21. The first kappa shape index (κ1) is 25.1. The number of carboxylic acids is 1. The molecule has 0 spiro atoms. The molecule has 1 aliphatic rings. The summed E-state index contributed by atoms with van der Waals surface area (Å²) in [5.41, 5.74) is 5.67. The zero-order chi connectivity index (χ0) is 25.0. The molecule has 1 heterocycles. The number of para-hydroxylation sites is 1. The molecule has 35 heavy (non-hydrogen) atoms. The van der Waals surface area contributed by atoms with Crippen molar-refractivity contribution in [3.05, 3.63) is 77.0 Å². The van der Waals surface area contributed by atoms with Gasteiger partial charge >= 0.3 is 5.97 Å². The van der Waals surface area contributed by atoms with Crippen molar-refractivity contribution in [1.82, 2.24) is 18.9 Å². The fraction of sp³-hybridized carbons (Fsp3) is 0.346. The molecule has 9 heteroatoms. The maximum Gasteiger partial charge on any atom is 0.328 e.